The Morgan fingerprint density at radius 3 is 2.89 bits per heavy atom. The van der Waals surface area contributed by atoms with Crippen molar-refractivity contribution in [2.45, 2.75) is 44.8 Å². The van der Waals surface area contributed by atoms with Crippen LogP contribution in [0, 0.1) is 0 Å². The summed E-state index contributed by atoms with van der Waals surface area (Å²) < 4.78 is 11.2. The fourth-order valence-electron chi connectivity index (χ4n) is 2.24. The Morgan fingerprint density at radius 2 is 2.17 bits per heavy atom. The summed E-state index contributed by atoms with van der Waals surface area (Å²) >= 11 is 0. The van der Waals surface area contributed by atoms with Crippen molar-refractivity contribution < 1.29 is 14.6 Å². The number of aliphatic hydroxyl groups is 1. The molecular formula is C15H22O3. The van der Waals surface area contributed by atoms with Gasteiger partial charge in [0.25, 0.3) is 0 Å². The van der Waals surface area contributed by atoms with E-state index in [2.05, 4.69) is 13.8 Å². The first-order valence-corrected chi connectivity index (χ1v) is 6.51. The summed E-state index contributed by atoms with van der Waals surface area (Å²) in [4.78, 5) is 0. The van der Waals surface area contributed by atoms with E-state index in [-0.39, 0.29) is 11.7 Å². The number of aliphatic hydroxyl groups excluding tert-OH is 1. The van der Waals surface area contributed by atoms with Gasteiger partial charge < -0.3 is 14.6 Å². The van der Waals surface area contributed by atoms with Gasteiger partial charge in [0, 0.05) is 19.1 Å². The Labute approximate surface area is 109 Å². The van der Waals surface area contributed by atoms with Gasteiger partial charge in [-0.1, -0.05) is 12.1 Å². The molecule has 1 aliphatic carbocycles. The monoisotopic (exact) mass is 250 g/mol. The van der Waals surface area contributed by atoms with Gasteiger partial charge in [0.1, 0.15) is 5.75 Å². The normalized spacial score (nSPS) is 18.8. The smallest absolute Gasteiger partial charge is 0.122 e. The number of methoxy groups -OCH3 is 1. The Morgan fingerprint density at radius 1 is 1.39 bits per heavy atom. The molecule has 0 amide bonds. The summed E-state index contributed by atoms with van der Waals surface area (Å²) in [6.07, 6.45) is 2.23. The van der Waals surface area contributed by atoms with Crippen LogP contribution in [0.15, 0.2) is 18.2 Å². The molecule has 1 atom stereocenters. The van der Waals surface area contributed by atoms with Gasteiger partial charge in [-0.2, -0.15) is 0 Å². The molecule has 1 unspecified atom stereocenters. The van der Waals surface area contributed by atoms with Gasteiger partial charge in [0.2, 0.25) is 0 Å². The molecule has 0 spiro atoms. The summed E-state index contributed by atoms with van der Waals surface area (Å²) in [6.45, 7) is 4.73. The van der Waals surface area contributed by atoms with E-state index in [0.717, 1.165) is 30.6 Å². The van der Waals surface area contributed by atoms with E-state index in [1.165, 1.54) is 5.56 Å². The van der Waals surface area contributed by atoms with Crippen LogP contribution in [-0.4, -0.2) is 24.4 Å². The molecule has 0 aliphatic heterocycles. The molecule has 0 fully saturated rings. The fourth-order valence-corrected chi connectivity index (χ4v) is 2.24. The van der Waals surface area contributed by atoms with Crippen molar-refractivity contribution in [1.82, 2.24) is 0 Å². The number of hydrogen-bond acceptors (Lipinski definition) is 3. The molecule has 0 aromatic heterocycles. The Hall–Kier alpha value is -1.06. The van der Waals surface area contributed by atoms with E-state index >= 15 is 0 Å². The maximum Gasteiger partial charge on any atom is 0.122 e. The van der Waals surface area contributed by atoms with Crippen molar-refractivity contribution in [3.8, 4) is 5.75 Å². The summed E-state index contributed by atoms with van der Waals surface area (Å²) in [5.41, 5.74) is 2.04. The van der Waals surface area contributed by atoms with Gasteiger partial charge in [0.05, 0.1) is 18.3 Å². The van der Waals surface area contributed by atoms with Crippen LogP contribution in [-0.2, 0) is 11.2 Å². The van der Waals surface area contributed by atoms with Crippen LogP contribution in [0.1, 0.15) is 43.9 Å². The van der Waals surface area contributed by atoms with E-state index < -0.39 is 0 Å². The predicted octanol–water partition coefficient (Wildman–Crippen LogP) is 2.86. The molecule has 0 bridgehead atoms. The minimum absolute atomic E-state index is 0.155. The summed E-state index contributed by atoms with van der Waals surface area (Å²) in [6, 6.07) is 5.92. The first-order chi connectivity index (χ1) is 8.53. The third-order valence-corrected chi connectivity index (χ3v) is 3.71. The highest BCUT2D eigenvalue weighted by Crippen LogP contribution is 2.36. The summed E-state index contributed by atoms with van der Waals surface area (Å²) in [7, 11) is 1.72. The van der Waals surface area contributed by atoms with Gasteiger partial charge in [-0.05, 0) is 38.3 Å². The van der Waals surface area contributed by atoms with Gasteiger partial charge in [0.15, 0.2) is 0 Å². The van der Waals surface area contributed by atoms with Crippen LogP contribution in [0.2, 0.25) is 0 Å². The number of benzene rings is 1. The van der Waals surface area contributed by atoms with Gasteiger partial charge in [-0.25, -0.2) is 0 Å². The third kappa shape index (κ3) is 2.85. The second-order valence-corrected chi connectivity index (χ2v) is 5.44. The maximum atomic E-state index is 9.82. The van der Waals surface area contributed by atoms with E-state index in [1.54, 1.807) is 7.11 Å². The van der Waals surface area contributed by atoms with Gasteiger partial charge >= 0.3 is 0 Å². The molecule has 0 radical (unpaired) electrons. The van der Waals surface area contributed by atoms with Crippen LogP contribution in [0.5, 0.6) is 5.75 Å². The lowest BCUT2D eigenvalue weighted by molar-refractivity contribution is 0.00538. The topological polar surface area (TPSA) is 38.7 Å². The van der Waals surface area contributed by atoms with Crippen molar-refractivity contribution in [2.75, 3.05) is 13.7 Å². The molecule has 1 aromatic carbocycles. The zero-order valence-electron chi connectivity index (χ0n) is 11.4. The molecule has 1 N–H and O–H groups in total. The molecule has 1 aromatic rings. The van der Waals surface area contributed by atoms with Gasteiger partial charge in [-0.3, -0.25) is 0 Å². The number of rotatable bonds is 5. The molecule has 3 heteroatoms. The molecular weight excluding hydrogens is 228 g/mol. The first-order valence-electron chi connectivity index (χ1n) is 6.51. The van der Waals surface area contributed by atoms with E-state index in [1.807, 2.05) is 18.2 Å². The largest absolute Gasteiger partial charge is 0.493 e. The molecule has 100 valence electrons. The summed E-state index contributed by atoms with van der Waals surface area (Å²) in [5, 5.41) is 9.82. The predicted molar refractivity (Wildman–Crippen MR) is 70.9 cm³/mol. The highest BCUT2D eigenvalue weighted by Gasteiger charge is 2.23. The van der Waals surface area contributed by atoms with Crippen LogP contribution in [0.25, 0.3) is 0 Å². The maximum absolute atomic E-state index is 9.82. The highest BCUT2D eigenvalue weighted by atomic mass is 16.5. The highest BCUT2D eigenvalue weighted by molar-refractivity contribution is 5.44. The SMILES string of the molecule is COC(C)(C)CCOc1cccc2c1CCC2O. The van der Waals surface area contributed by atoms with Crippen molar-refractivity contribution >= 4 is 0 Å². The number of fused-ring (bicyclic) bond motifs is 1. The molecule has 2 rings (SSSR count). The molecule has 1 aliphatic rings. The summed E-state index contributed by atoms with van der Waals surface area (Å²) in [5.74, 6) is 0.913. The van der Waals surface area contributed by atoms with Crippen LogP contribution in [0.3, 0.4) is 0 Å². The minimum atomic E-state index is -0.320. The minimum Gasteiger partial charge on any atom is -0.493 e. The van der Waals surface area contributed by atoms with Crippen molar-refractivity contribution in [2.24, 2.45) is 0 Å². The standard InChI is InChI=1S/C15H22O3/c1-15(2,17-3)9-10-18-14-6-4-5-11-12(14)7-8-13(11)16/h4-6,13,16H,7-10H2,1-3H3. The lowest BCUT2D eigenvalue weighted by Crippen LogP contribution is -2.25. The zero-order valence-corrected chi connectivity index (χ0v) is 11.4. The van der Waals surface area contributed by atoms with Gasteiger partial charge in [-0.15, -0.1) is 0 Å². The Bertz CT molecular complexity index is 412. The number of ether oxygens (including phenoxy) is 2. The van der Waals surface area contributed by atoms with Crippen LogP contribution >= 0.6 is 0 Å². The fraction of sp³-hybridized carbons (Fsp3) is 0.600. The average molecular weight is 250 g/mol. The lowest BCUT2D eigenvalue weighted by atomic mass is 10.1. The quantitative estimate of drug-likeness (QED) is 0.873. The molecule has 0 heterocycles. The second kappa shape index (κ2) is 5.29. The Balaban J connectivity index is 1.99. The zero-order chi connectivity index (χ0) is 13.2. The lowest BCUT2D eigenvalue weighted by Gasteiger charge is -2.23. The van der Waals surface area contributed by atoms with Crippen molar-refractivity contribution in [3.05, 3.63) is 29.3 Å². The first kappa shape index (κ1) is 13.4. The average Bonchev–Trinajstić information content (AvgIpc) is 2.72. The second-order valence-electron chi connectivity index (χ2n) is 5.44. The van der Waals surface area contributed by atoms with Crippen molar-refractivity contribution in [3.63, 3.8) is 0 Å². The van der Waals surface area contributed by atoms with E-state index in [0.29, 0.717) is 6.61 Å². The number of hydrogen-bond donors (Lipinski definition) is 1. The van der Waals surface area contributed by atoms with Crippen LogP contribution in [0.4, 0.5) is 0 Å². The van der Waals surface area contributed by atoms with E-state index in [4.69, 9.17) is 9.47 Å². The molecule has 0 saturated heterocycles. The Kier molecular flexibility index (Phi) is 3.93. The molecule has 0 saturated carbocycles. The molecule has 3 nitrogen and oxygen atoms in total. The molecule has 18 heavy (non-hydrogen) atoms. The third-order valence-electron chi connectivity index (χ3n) is 3.71. The van der Waals surface area contributed by atoms with E-state index in [9.17, 15) is 5.11 Å². The van der Waals surface area contributed by atoms with Crippen molar-refractivity contribution in [1.29, 1.82) is 0 Å². The van der Waals surface area contributed by atoms with Crippen LogP contribution < -0.4 is 4.74 Å².